The minimum Gasteiger partial charge on any atom is -0.466 e. The molecule has 0 saturated heterocycles. The van der Waals surface area contributed by atoms with Crippen molar-refractivity contribution in [3.8, 4) is 0 Å². The third kappa shape index (κ3) is 49.8. The van der Waals surface area contributed by atoms with Gasteiger partial charge in [0.2, 0.25) is 5.91 Å². The number of hydrogen-bond donors (Lipinski definition) is 3. The van der Waals surface area contributed by atoms with Crippen LogP contribution < -0.4 is 5.32 Å². The number of nitrogens with one attached hydrogen (secondary N) is 1. The Labute approximate surface area is 399 Å². The van der Waals surface area contributed by atoms with Crippen LogP contribution in [-0.2, 0) is 14.3 Å². The molecule has 0 aromatic carbocycles. The van der Waals surface area contributed by atoms with Crippen molar-refractivity contribution in [2.45, 2.75) is 321 Å². The lowest BCUT2D eigenvalue weighted by Crippen LogP contribution is -2.45. The number of esters is 1. The third-order valence-electron chi connectivity index (χ3n) is 13.3. The van der Waals surface area contributed by atoms with E-state index in [9.17, 15) is 19.8 Å². The summed E-state index contributed by atoms with van der Waals surface area (Å²) in [6.45, 7) is 4.92. The molecule has 6 heteroatoms. The molecule has 1 amide bonds. The molecule has 0 fully saturated rings. The van der Waals surface area contributed by atoms with E-state index in [1.807, 2.05) is 0 Å². The maximum atomic E-state index is 12.5. The van der Waals surface area contributed by atoms with Gasteiger partial charge in [0.1, 0.15) is 0 Å². The molecule has 0 aliphatic heterocycles. The molecule has 0 saturated carbocycles. The number of hydrogen-bond acceptors (Lipinski definition) is 5. The predicted octanol–water partition coefficient (Wildman–Crippen LogP) is 17.5. The summed E-state index contributed by atoms with van der Waals surface area (Å²) in [5.41, 5.74) is 0. The number of allylic oxidation sites excluding steroid dienone is 4. The first-order chi connectivity index (χ1) is 31.5. The summed E-state index contributed by atoms with van der Waals surface area (Å²) in [4.78, 5) is 24.5. The molecule has 0 aliphatic rings. The van der Waals surface area contributed by atoms with E-state index in [2.05, 4.69) is 43.5 Å². The van der Waals surface area contributed by atoms with Crippen LogP contribution in [0.15, 0.2) is 24.3 Å². The number of rotatable bonds is 53. The highest BCUT2D eigenvalue weighted by Gasteiger charge is 2.20. The van der Waals surface area contributed by atoms with Crippen molar-refractivity contribution in [3.05, 3.63) is 24.3 Å². The Bertz CT molecular complexity index is 997. The first-order valence-corrected chi connectivity index (χ1v) is 28.6. The smallest absolute Gasteiger partial charge is 0.305 e. The Balaban J connectivity index is 3.44. The summed E-state index contributed by atoms with van der Waals surface area (Å²) >= 11 is 0. The van der Waals surface area contributed by atoms with Gasteiger partial charge in [0.15, 0.2) is 0 Å². The molecule has 0 aromatic rings. The highest BCUT2D eigenvalue weighted by atomic mass is 16.5. The quantitative estimate of drug-likeness (QED) is 0.0321. The summed E-state index contributed by atoms with van der Waals surface area (Å²) < 4.78 is 5.48. The fourth-order valence-electron chi connectivity index (χ4n) is 8.85. The van der Waals surface area contributed by atoms with E-state index in [1.54, 1.807) is 0 Å². The SMILES string of the molecule is CCCCC/C=C\C/C=C\CCCCCCCCCC(=O)OCCCCCCCCCCCCCCCCC(=O)NC(CO)C(O)CCCCCCCCCCCCCCCCCC. The molecule has 3 N–H and O–H groups in total. The van der Waals surface area contributed by atoms with Crippen molar-refractivity contribution in [1.29, 1.82) is 0 Å². The molecular weight excluding hydrogens is 791 g/mol. The minimum atomic E-state index is -0.671. The molecule has 2 atom stereocenters. The molecule has 0 aromatic heterocycles. The Morgan fingerprint density at radius 3 is 1.22 bits per heavy atom. The number of carbonyl (C=O) groups is 2. The van der Waals surface area contributed by atoms with Crippen molar-refractivity contribution in [3.63, 3.8) is 0 Å². The van der Waals surface area contributed by atoms with E-state index in [-0.39, 0.29) is 18.5 Å². The highest BCUT2D eigenvalue weighted by Crippen LogP contribution is 2.17. The normalized spacial score (nSPS) is 12.8. The number of aliphatic hydroxyl groups is 2. The number of amides is 1. The van der Waals surface area contributed by atoms with Crippen molar-refractivity contribution in [1.82, 2.24) is 5.32 Å². The zero-order chi connectivity index (χ0) is 46.5. The van der Waals surface area contributed by atoms with Crippen LogP contribution in [0, 0.1) is 0 Å². The summed E-state index contributed by atoms with van der Waals surface area (Å²) in [5.74, 6) is -0.0537. The molecule has 0 spiro atoms. The molecule has 0 rings (SSSR count). The van der Waals surface area contributed by atoms with Gasteiger partial charge in [0, 0.05) is 12.8 Å². The van der Waals surface area contributed by atoms with Crippen LogP contribution in [0.5, 0.6) is 0 Å². The monoisotopic (exact) mass is 902 g/mol. The molecular formula is C58H111NO5. The minimum absolute atomic E-state index is 0.00948. The Hall–Kier alpha value is -1.66. The van der Waals surface area contributed by atoms with Crippen molar-refractivity contribution >= 4 is 11.9 Å². The lowest BCUT2D eigenvalue weighted by Gasteiger charge is -2.22. The zero-order valence-corrected chi connectivity index (χ0v) is 43.0. The van der Waals surface area contributed by atoms with Gasteiger partial charge < -0.3 is 20.3 Å². The third-order valence-corrected chi connectivity index (χ3v) is 13.3. The summed E-state index contributed by atoms with van der Waals surface area (Å²) in [7, 11) is 0. The van der Waals surface area contributed by atoms with Gasteiger partial charge in [-0.05, 0) is 57.8 Å². The first-order valence-electron chi connectivity index (χ1n) is 28.6. The average Bonchev–Trinajstić information content (AvgIpc) is 3.29. The highest BCUT2D eigenvalue weighted by molar-refractivity contribution is 5.76. The van der Waals surface area contributed by atoms with Crippen molar-refractivity contribution in [2.75, 3.05) is 13.2 Å². The van der Waals surface area contributed by atoms with Crippen molar-refractivity contribution < 1.29 is 24.5 Å². The fraction of sp³-hybridized carbons (Fsp3) is 0.897. The van der Waals surface area contributed by atoms with E-state index >= 15 is 0 Å². The van der Waals surface area contributed by atoms with Crippen LogP contribution in [0.1, 0.15) is 309 Å². The van der Waals surface area contributed by atoms with Crippen molar-refractivity contribution in [2.24, 2.45) is 0 Å². The number of aliphatic hydroxyl groups excluding tert-OH is 2. The second-order valence-electron chi connectivity index (χ2n) is 19.6. The first kappa shape index (κ1) is 62.3. The van der Waals surface area contributed by atoms with Crippen LogP contribution >= 0.6 is 0 Å². The molecule has 0 bridgehead atoms. The van der Waals surface area contributed by atoms with Crippen LogP contribution in [0.2, 0.25) is 0 Å². The van der Waals surface area contributed by atoms with Gasteiger partial charge >= 0.3 is 5.97 Å². The predicted molar refractivity (Wildman–Crippen MR) is 278 cm³/mol. The number of carbonyl (C=O) groups excluding carboxylic acids is 2. The van der Waals surface area contributed by atoms with Crippen LogP contribution in [0.4, 0.5) is 0 Å². The van der Waals surface area contributed by atoms with Crippen LogP contribution in [-0.4, -0.2) is 47.4 Å². The number of ether oxygens (including phenoxy) is 1. The Morgan fingerprint density at radius 2 is 0.781 bits per heavy atom. The van der Waals surface area contributed by atoms with Crippen LogP contribution in [0.3, 0.4) is 0 Å². The van der Waals surface area contributed by atoms with E-state index in [0.29, 0.717) is 25.9 Å². The van der Waals surface area contributed by atoms with Gasteiger partial charge in [-0.2, -0.15) is 0 Å². The Morgan fingerprint density at radius 1 is 0.438 bits per heavy atom. The second-order valence-corrected chi connectivity index (χ2v) is 19.6. The van der Waals surface area contributed by atoms with Gasteiger partial charge in [-0.25, -0.2) is 0 Å². The lowest BCUT2D eigenvalue weighted by molar-refractivity contribution is -0.143. The molecule has 0 aliphatic carbocycles. The molecule has 64 heavy (non-hydrogen) atoms. The van der Waals surface area contributed by atoms with E-state index in [4.69, 9.17) is 4.74 Å². The van der Waals surface area contributed by atoms with E-state index in [0.717, 1.165) is 57.8 Å². The summed E-state index contributed by atoms with van der Waals surface area (Å²) in [6.07, 6.45) is 64.4. The lowest BCUT2D eigenvalue weighted by atomic mass is 10.0. The molecule has 378 valence electrons. The van der Waals surface area contributed by atoms with Gasteiger partial charge in [-0.15, -0.1) is 0 Å². The number of unbranched alkanes of at least 4 members (excludes halogenated alkanes) is 38. The van der Waals surface area contributed by atoms with Gasteiger partial charge in [-0.3, -0.25) is 9.59 Å². The zero-order valence-electron chi connectivity index (χ0n) is 43.0. The summed E-state index contributed by atoms with van der Waals surface area (Å²) in [6, 6.07) is -0.550. The Kier molecular flexibility index (Phi) is 52.6. The van der Waals surface area contributed by atoms with E-state index in [1.165, 1.54) is 218 Å². The standard InChI is InChI=1S/C58H111NO5/c1-3-5-7-9-11-13-15-17-19-21-23-28-32-36-40-44-48-52-58(63)64-53-49-45-41-37-33-29-25-24-27-31-35-39-43-47-51-57(62)59-55(54-60)56(61)50-46-42-38-34-30-26-22-20-18-16-14-12-10-8-6-4-2/h11,13,17,19,55-56,60-61H,3-10,12,14-16,18,20-54H2,1-2H3,(H,59,62)/b13-11-,19-17-. The molecule has 2 unspecified atom stereocenters. The van der Waals surface area contributed by atoms with Gasteiger partial charge in [0.05, 0.1) is 25.4 Å². The average molecular weight is 903 g/mol. The maximum absolute atomic E-state index is 12.5. The second kappa shape index (κ2) is 54.0. The maximum Gasteiger partial charge on any atom is 0.305 e. The van der Waals surface area contributed by atoms with Gasteiger partial charge in [0.25, 0.3) is 0 Å². The largest absolute Gasteiger partial charge is 0.466 e. The summed E-state index contributed by atoms with van der Waals surface area (Å²) in [5, 5.41) is 23.3. The van der Waals surface area contributed by atoms with E-state index < -0.39 is 12.1 Å². The molecule has 6 nitrogen and oxygen atoms in total. The fourth-order valence-corrected chi connectivity index (χ4v) is 8.85. The molecule has 0 heterocycles. The molecule has 0 radical (unpaired) electrons. The van der Waals surface area contributed by atoms with Crippen LogP contribution in [0.25, 0.3) is 0 Å². The topological polar surface area (TPSA) is 95.9 Å². The van der Waals surface area contributed by atoms with Gasteiger partial charge in [-0.1, -0.05) is 263 Å².